The third kappa shape index (κ3) is 3.50. The quantitative estimate of drug-likeness (QED) is 0.767. The summed E-state index contributed by atoms with van der Waals surface area (Å²) in [5.41, 5.74) is 1.02. The number of nitrogens with one attached hydrogen (secondary N) is 1. The maximum absolute atomic E-state index is 13.7. The third-order valence-corrected chi connectivity index (χ3v) is 4.70. The van der Waals surface area contributed by atoms with E-state index in [1.165, 1.54) is 18.2 Å². The summed E-state index contributed by atoms with van der Waals surface area (Å²) in [5, 5.41) is 3.67. The highest BCUT2D eigenvalue weighted by Gasteiger charge is 2.17. The van der Waals surface area contributed by atoms with Gasteiger partial charge in [-0.1, -0.05) is 29.4 Å². The first-order valence-electron chi connectivity index (χ1n) is 7.09. The first kappa shape index (κ1) is 16.3. The number of rotatable bonds is 5. The van der Waals surface area contributed by atoms with Crippen molar-refractivity contribution in [2.75, 3.05) is 0 Å². The molecule has 0 aliphatic carbocycles. The fourth-order valence-electron chi connectivity index (χ4n) is 2.10. The summed E-state index contributed by atoms with van der Waals surface area (Å²) < 4.78 is 45.5. The van der Waals surface area contributed by atoms with E-state index in [4.69, 9.17) is 4.52 Å². The van der Waals surface area contributed by atoms with Gasteiger partial charge in [-0.05, 0) is 36.8 Å². The van der Waals surface area contributed by atoms with Crippen LogP contribution in [0.5, 0.6) is 0 Å². The van der Waals surface area contributed by atoms with Gasteiger partial charge in [-0.15, -0.1) is 0 Å². The minimum Gasteiger partial charge on any atom is -0.338 e. The standard InChI is InChI=1S/C16H14FN3O3S/c1-11-5-4-6-12(9-11)24(21,22)18-10-15-19-16(20-23-15)13-7-2-3-8-14(13)17/h2-9,18H,10H2,1H3. The van der Waals surface area contributed by atoms with Gasteiger partial charge in [0, 0.05) is 0 Å². The Balaban J connectivity index is 1.75. The van der Waals surface area contributed by atoms with E-state index in [-0.39, 0.29) is 28.7 Å². The zero-order chi connectivity index (χ0) is 17.2. The van der Waals surface area contributed by atoms with E-state index < -0.39 is 15.8 Å². The van der Waals surface area contributed by atoms with E-state index in [0.29, 0.717) is 0 Å². The molecule has 124 valence electrons. The van der Waals surface area contributed by atoms with Crippen LogP contribution in [0, 0.1) is 12.7 Å². The molecule has 1 aromatic heterocycles. The Hall–Kier alpha value is -2.58. The number of hydrogen-bond acceptors (Lipinski definition) is 5. The molecule has 24 heavy (non-hydrogen) atoms. The van der Waals surface area contributed by atoms with Gasteiger partial charge in [0.2, 0.25) is 21.7 Å². The van der Waals surface area contributed by atoms with Crippen molar-refractivity contribution in [1.29, 1.82) is 0 Å². The predicted molar refractivity (Wildman–Crippen MR) is 84.9 cm³/mol. The molecule has 0 radical (unpaired) electrons. The molecule has 3 rings (SSSR count). The summed E-state index contributed by atoms with van der Waals surface area (Å²) in [6.07, 6.45) is 0. The van der Waals surface area contributed by atoms with Crippen LogP contribution in [0.4, 0.5) is 4.39 Å². The maximum atomic E-state index is 13.7. The molecule has 2 aromatic carbocycles. The molecule has 0 saturated carbocycles. The summed E-state index contributed by atoms with van der Waals surface area (Å²) in [6, 6.07) is 12.5. The number of benzene rings is 2. The van der Waals surface area contributed by atoms with E-state index >= 15 is 0 Å². The molecule has 0 aliphatic heterocycles. The molecule has 0 spiro atoms. The van der Waals surface area contributed by atoms with Crippen LogP contribution in [-0.2, 0) is 16.6 Å². The number of nitrogens with zero attached hydrogens (tertiary/aromatic N) is 2. The lowest BCUT2D eigenvalue weighted by Gasteiger charge is -2.05. The zero-order valence-electron chi connectivity index (χ0n) is 12.7. The van der Waals surface area contributed by atoms with Gasteiger partial charge in [-0.3, -0.25) is 0 Å². The Morgan fingerprint density at radius 2 is 1.96 bits per heavy atom. The molecule has 1 N–H and O–H groups in total. The van der Waals surface area contributed by atoms with E-state index in [2.05, 4.69) is 14.9 Å². The third-order valence-electron chi connectivity index (χ3n) is 3.30. The van der Waals surface area contributed by atoms with Crippen molar-refractivity contribution in [3.05, 3.63) is 65.8 Å². The van der Waals surface area contributed by atoms with E-state index in [1.807, 2.05) is 0 Å². The molecule has 0 unspecified atom stereocenters. The predicted octanol–water partition coefficient (Wildman–Crippen LogP) is 2.66. The Labute approximate surface area is 138 Å². The average molecular weight is 347 g/mol. The fourth-order valence-corrected chi connectivity index (χ4v) is 3.18. The highest BCUT2D eigenvalue weighted by Crippen LogP contribution is 2.19. The lowest BCUT2D eigenvalue weighted by atomic mass is 10.2. The highest BCUT2D eigenvalue weighted by atomic mass is 32.2. The van der Waals surface area contributed by atoms with Crippen LogP contribution in [-0.4, -0.2) is 18.6 Å². The van der Waals surface area contributed by atoms with E-state index in [0.717, 1.165) is 5.56 Å². The molecule has 3 aromatic rings. The van der Waals surface area contributed by atoms with Crippen molar-refractivity contribution in [1.82, 2.24) is 14.9 Å². The molecule has 0 aliphatic rings. The molecule has 6 nitrogen and oxygen atoms in total. The number of halogens is 1. The van der Waals surface area contributed by atoms with Crippen LogP contribution in [0.25, 0.3) is 11.4 Å². The Morgan fingerprint density at radius 1 is 1.17 bits per heavy atom. The lowest BCUT2D eigenvalue weighted by Crippen LogP contribution is -2.23. The monoisotopic (exact) mass is 347 g/mol. The van der Waals surface area contributed by atoms with Crippen molar-refractivity contribution in [3.8, 4) is 11.4 Å². The second-order valence-electron chi connectivity index (χ2n) is 5.13. The van der Waals surface area contributed by atoms with Gasteiger partial charge in [0.1, 0.15) is 5.82 Å². The number of hydrogen-bond donors (Lipinski definition) is 1. The molecular weight excluding hydrogens is 333 g/mol. The summed E-state index contributed by atoms with van der Waals surface area (Å²) in [4.78, 5) is 4.16. The van der Waals surface area contributed by atoms with Gasteiger partial charge < -0.3 is 4.52 Å². The highest BCUT2D eigenvalue weighted by molar-refractivity contribution is 7.89. The molecule has 0 amide bonds. The van der Waals surface area contributed by atoms with Crippen molar-refractivity contribution in [2.24, 2.45) is 0 Å². The van der Waals surface area contributed by atoms with Gasteiger partial charge in [0.25, 0.3) is 0 Å². The molecule has 1 heterocycles. The molecule has 0 bridgehead atoms. The van der Waals surface area contributed by atoms with Crippen LogP contribution in [0.3, 0.4) is 0 Å². The molecule has 8 heteroatoms. The van der Waals surface area contributed by atoms with Gasteiger partial charge in [-0.25, -0.2) is 17.5 Å². The fraction of sp³-hybridized carbons (Fsp3) is 0.125. The maximum Gasteiger partial charge on any atom is 0.242 e. The SMILES string of the molecule is Cc1cccc(S(=O)(=O)NCc2nc(-c3ccccc3F)no2)c1. The van der Waals surface area contributed by atoms with Crippen molar-refractivity contribution in [2.45, 2.75) is 18.4 Å². The summed E-state index contributed by atoms with van der Waals surface area (Å²) in [5.74, 6) is -0.368. The molecule has 0 saturated heterocycles. The van der Waals surface area contributed by atoms with Crippen LogP contribution < -0.4 is 4.72 Å². The Kier molecular flexibility index (Phi) is 4.41. The Bertz CT molecular complexity index is 970. The van der Waals surface area contributed by atoms with E-state index in [9.17, 15) is 12.8 Å². The van der Waals surface area contributed by atoms with Crippen LogP contribution >= 0.6 is 0 Å². The second kappa shape index (κ2) is 6.50. The topological polar surface area (TPSA) is 85.1 Å². The number of aryl methyl sites for hydroxylation is 1. The molecule has 0 atom stereocenters. The number of aromatic nitrogens is 2. The summed E-state index contributed by atoms with van der Waals surface area (Å²) >= 11 is 0. The van der Waals surface area contributed by atoms with Gasteiger partial charge in [-0.2, -0.15) is 4.98 Å². The molecule has 0 fully saturated rings. The largest absolute Gasteiger partial charge is 0.338 e. The zero-order valence-corrected chi connectivity index (χ0v) is 13.5. The normalized spacial score (nSPS) is 11.6. The van der Waals surface area contributed by atoms with Crippen LogP contribution in [0.15, 0.2) is 57.9 Å². The minimum absolute atomic E-state index is 0.0458. The summed E-state index contributed by atoms with van der Waals surface area (Å²) in [6.45, 7) is 1.62. The van der Waals surface area contributed by atoms with Crippen molar-refractivity contribution < 1.29 is 17.3 Å². The van der Waals surface area contributed by atoms with Crippen LogP contribution in [0.1, 0.15) is 11.5 Å². The smallest absolute Gasteiger partial charge is 0.242 e. The van der Waals surface area contributed by atoms with Gasteiger partial charge in [0.15, 0.2) is 0 Å². The average Bonchev–Trinajstić information content (AvgIpc) is 3.02. The van der Waals surface area contributed by atoms with Crippen molar-refractivity contribution >= 4 is 10.0 Å². The number of sulfonamides is 1. The minimum atomic E-state index is -3.70. The first-order chi connectivity index (χ1) is 11.5. The first-order valence-corrected chi connectivity index (χ1v) is 8.58. The lowest BCUT2D eigenvalue weighted by molar-refractivity contribution is 0.375. The van der Waals surface area contributed by atoms with Gasteiger partial charge >= 0.3 is 0 Å². The van der Waals surface area contributed by atoms with Crippen molar-refractivity contribution in [3.63, 3.8) is 0 Å². The van der Waals surface area contributed by atoms with Crippen LogP contribution in [0.2, 0.25) is 0 Å². The second-order valence-corrected chi connectivity index (χ2v) is 6.90. The summed E-state index contributed by atoms with van der Waals surface area (Å²) in [7, 11) is -3.70. The van der Waals surface area contributed by atoms with Gasteiger partial charge in [0.05, 0.1) is 17.0 Å². The Morgan fingerprint density at radius 3 is 2.71 bits per heavy atom. The molecular formula is C16H14FN3O3S. The van der Waals surface area contributed by atoms with E-state index in [1.54, 1.807) is 37.3 Å².